The molecule has 2 amide bonds. The predicted molar refractivity (Wildman–Crippen MR) is 190 cm³/mol. The third-order valence-electron chi connectivity index (χ3n) is 10.5. The normalized spacial score (nSPS) is 23.7. The largest absolute Gasteiger partial charge is 0.354 e. The van der Waals surface area contributed by atoms with Gasteiger partial charge in [0.05, 0.1) is 11.9 Å². The molecule has 3 aromatic rings. The molecular formula is C38H46BrN3O4S. The van der Waals surface area contributed by atoms with Gasteiger partial charge in [0.1, 0.15) is 12.6 Å². The zero-order chi connectivity index (χ0) is 33.2. The summed E-state index contributed by atoms with van der Waals surface area (Å²) in [4.78, 5) is 29.7. The van der Waals surface area contributed by atoms with Gasteiger partial charge in [-0.05, 0) is 109 Å². The molecule has 0 unspecified atom stereocenters. The van der Waals surface area contributed by atoms with Gasteiger partial charge >= 0.3 is 0 Å². The van der Waals surface area contributed by atoms with Crippen molar-refractivity contribution < 1.29 is 18.0 Å². The molecule has 4 fully saturated rings. The van der Waals surface area contributed by atoms with Gasteiger partial charge < -0.3 is 10.2 Å². The van der Waals surface area contributed by atoms with Crippen molar-refractivity contribution >= 4 is 43.5 Å². The zero-order valence-electron chi connectivity index (χ0n) is 27.4. The molecule has 0 spiro atoms. The number of carbonyl (C=O) groups is 2. The molecule has 0 aliphatic heterocycles. The van der Waals surface area contributed by atoms with Crippen LogP contribution < -0.4 is 9.62 Å². The lowest BCUT2D eigenvalue weighted by atomic mass is 9.48. The minimum Gasteiger partial charge on any atom is -0.354 e. The monoisotopic (exact) mass is 719 g/mol. The van der Waals surface area contributed by atoms with Crippen LogP contribution in [0, 0.1) is 17.8 Å². The number of halogens is 1. The quantitative estimate of drug-likeness (QED) is 0.210. The third kappa shape index (κ3) is 7.78. The fourth-order valence-corrected chi connectivity index (χ4v) is 10.1. The number of anilines is 1. The van der Waals surface area contributed by atoms with Crippen molar-refractivity contribution in [2.24, 2.45) is 17.8 Å². The Morgan fingerprint density at radius 3 is 2.09 bits per heavy atom. The highest BCUT2D eigenvalue weighted by Gasteiger charge is 2.51. The second-order valence-corrected chi connectivity index (χ2v) is 17.0. The van der Waals surface area contributed by atoms with Gasteiger partial charge in [-0.3, -0.25) is 13.9 Å². The van der Waals surface area contributed by atoms with Gasteiger partial charge in [0.15, 0.2) is 0 Å². The first-order chi connectivity index (χ1) is 22.5. The molecule has 4 saturated carbocycles. The van der Waals surface area contributed by atoms with Crippen molar-refractivity contribution in [1.82, 2.24) is 10.2 Å². The summed E-state index contributed by atoms with van der Waals surface area (Å²) in [5.41, 5.74) is 3.70. The molecule has 3 aromatic carbocycles. The van der Waals surface area contributed by atoms with Crippen LogP contribution in [0.5, 0.6) is 0 Å². The lowest BCUT2D eigenvalue weighted by molar-refractivity contribution is -0.140. The molecule has 7 nitrogen and oxygen atoms in total. The van der Waals surface area contributed by atoms with Crippen LogP contribution in [0.15, 0.2) is 83.3 Å². The first-order valence-corrected chi connectivity index (χ1v) is 19.6. The summed E-state index contributed by atoms with van der Waals surface area (Å²) in [6.07, 6.45) is 9.94. The van der Waals surface area contributed by atoms with Crippen molar-refractivity contribution in [2.75, 3.05) is 23.7 Å². The van der Waals surface area contributed by atoms with Gasteiger partial charge in [-0.15, -0.1) is 0 Å². The third-order valence-corrected chi connectivity index (χ3v) is 12.2. The fourth-order valence-electron chi connectivity index (χ4n) is 8.81. The molecule has 1 atom stereocenters. The van der Waals surface area contributed by atoms with E-state index in [9.17, 15) is 18.0 Å². The van der Waals surface area contributed by atoms with Gasteiger partial charge in [-0.25, -0.2) is 8.42 Å². The van der Waals surface area contributed by atoms with Gasteiger partial charge in [0.2, 0.25) is 21.8 Å². The first-order valence-electron chi connectivity index (χ1n) is 17.0. The highest BCUT2D eigenvalue weighted by atomic mass is 79.9. The van der Waals surface area contributed by atoms with E-state index in [0.717, 1.165) is 46.0 Å². The number of nitrogens with zero attached hydrogens (tertiary/aromatic N) is 2. The van der Waals surface area contributed by atoms with E-state index in [1.807, 2.05) is 73.7 Å². The maximum atomic E-state index is 14.4. The average Bonchev–Trinajstić information content (AvgIpc) is 3.03. The van der Waals surface area contributed by atoms with Crippen molar-refractivity contribution in [1.29, 1.82) is 0 Å². The maximum Gasteiger partial charge on any atom is 0.244 e. The molecule has 250 valence electrons. The van der Waals surface area contributed by atoms with Crippen LogP contribution in [0.25, 0.3) is 0 Å². The molecule has 7 rings (SSSR count). The Kier molecular flexibility index (Phi) is 10.1. The second kappa shape index (κ2) is 14.1. The van der Waals surface area contributed by atoms with E-state index in [-0.39, 0.29) is 17.9 Å². The Balaban J connectivity index is 1.30. The average molecular weight is 721 g/mol. The smallest absolute Gasteiger partial charge is 0.244 e. The molecule has 9 heteroatoms. The number of rotatable bonds is 13. The van der Waals surface area contributed by atoms with E-state index in [0.29, 0.717) is 18.7 Å². The van der Waals surface area contributed by atoms with Crippen LogP contribution in [-0.4, -0.2) is 50.5 Å². The number of sulfonamides is 1. The summed E-state index contributed by atoms with van der Waals surface area (Å²) < 4.78 is 28.7. The van der Waals surface area contributed by atoms with Gasteiger partial charge in [-0.1, -0.05) is 77.5 Å². The second-order valence-electron chi connectivity index (χ2n) is 14.2. The van der Waals surface area contributed by atoms with Crippen LogP contribution in [0.3, 0.4) is 0 Å². The van der Waals surface area contributed by atoms with Gasteiger partial charge in [0, 0.05) is 24.0 Å². The van der Waals surface area contributed by atoms with Crippen LogP contribution >= 0.6 is 15.9 Å². The van der Waals surface area contributed by atoms with Crippen LogP contribution in [0.2, 0.25) is 0 Å². The minimum absolute atomic E-state index is 0.151. The highest BCUT2D eigenvalue weighted by molar-refractivity contribution is 9.10. The summed E-state index contributed by atoms with van der Waals surface area (Å²) in [7, 11) is -3.83. The van der Waals surface area contributed by atoms with Crippen molar-refractivity contribution in [3.8, 4) is 0 Å². The number of nitrogens with one attached hydrogen (secondary N) is 1. The summed E-state index contributed by atoms with van der Waals surface area (Å²) >= 11 is 3.53. The molecule has 47 heavy (non-hydrogen) atoms. The fraction of sp³-hybridized carbons (Fsp3) is 0.474. The van der Waals surface area contributed by atoms with E-state index in [1.54, 1.807) is 4.90 Å². The molecule has 4 aliphatic rings. The zero-order valence-corrected chi connectivity index (χ0v) is 29.8. The minimum atomic E-state index is -3.83. The Hall–Kier alpha value is -3.17. The Morgan fingerprint density at radius 2 is 1.51 bits per heavy atom. The van der Waals surface area contributed by atoms with E-state index < -0.39 is 28.5 Å². The summed E-state index contributed by atoms with van der Waals surface area (Å²) in [5, 5.41) is 2.99. The van der Waals surface area contributed by atoms with E-state index in [4.69, 9.17) is 0 Å². The highest BCUT2D eigenvalue weighted by Crippen LogP contribution is 2.60. The number of carbonyl (C=O) groups excluding carboxylic acids is 2. The van der Waals surface area contributed by atoms with Crippen molar-refractivity contribution in [3.63, 3.8) is 0 Å². The number of hydrogen-bond donors (Lipinski definition) is 1. The summed E-state index contributed by atoms with van der Waals surface area (Å²) in [6, 6.07) is 24.3. The molecule has 4 aliphatic carbocycles. The van der Waals surface area contributed by atoms with Crippen LogP contribution in [0.1, 0.15) is 68.6 Å². The van der Waals surface area contributed by atoms with Gasteiger partial charge in [0.25, 0.3) is 0 Å². The number of hydrogen-bond acceptors (Lipinski definition) is 4. The van der Waals surface area contributed by atoms with E-state index in [1.165, 1.54) is 48.4 Å². The lowest BCUT2D eigenvalue weighted by Gasteiger charge is -2.57. The lowest BCUT2D eigenvalue weighted by Crippen LogP contribution is -2.53. The van der Waals surface area contributed by atoms with E-state index in [2.05, 4.69) is 33.4 Å². The molecule has 4 bridgehead atoms. The Bertz CT molecular complexity index is 1640. The topological polar surface area (TPSA) is 86.8 Å². The van der Waals surface area contributed by atoms with Crippen LogP contribution in [-0.2, 0) is 38.0 Å². The molecule has 0 radical (unpaired) electrons. The molecular weight excluding hydrogens is 674 g/mol. The maximum absolute atomic E-state index is 14.4. The Labute approximate surface area is 288 Å². The first kappa shape index (κ1) is 33.7. The number of amides is 2. The van der Waals surface area contributed by atoms with E-state index >= 15 is 0 Å². The predicted octanol–water partition coefficient (Wildman–Crippen LogP) is 6.85. The summed E-state index contributed by atoms with van der Waals surface area (Å²) in [6.45, 7) is 2.21. The Morgan fingerprint density at radius 1 is 0.894 bits per heavy atom. The number of benzene rings is 3. The standard InChI is InChI=1S/C38H46BrN3O4S/c1-3-16-40-37(44)35(21-27-8-5-4-6-9-27)41(25-28-10-7-11-33(39)20-28)36(43)26-42(47(2,45)46)34-14-12-32(13-15-34)38-22-29-17-30(23-38)19-31(18-29)24-38/h4-15,20,29-31,35H,3,16-19,21-26H2,1-2H3,(H,40,44)/t29?,30?,31?,35-,38?/m1/s1. The van der Waals surface area contributed by atoms with Crippen molar-refractivity contribution in [2.45, 2.75) is 76.3 Å². The molecule has 1 N–H and O–H groups in total. The molecule has 0 heterocycles. The van der Waals surface area contributed by atoms with Crippen LogP contribution in [0.4, 0.5) is 5.69 Å². The summed E-state index contributed by atoms with van der Waals surface area (Å²) in [5.74, 6) is 1.72. The van der Waals surface area contributed by atoms with Gasteiger partial charge in [-0.2, -0.15) is 0 Å². The molecule has 0 aromatic heterocycles. The van der Waals surface area contributed by atoms with Crippen molar-refractivity contribution in [3.05, 3.63) is 100 Å². The molecule has 0 saturated heterocycles. The SMILES string of the molecule is CCCNC(=O)[C@@H](Cc1ccccc1)N(Cc1cccc(Br)c1)C(=O)CN(c1ccc(C23CC4CC(CC(C4)C2)C3)cc1)S(C)(=O)=O.